The van der Waals surface area contributed by atoms with Crippen molar-refractivity contribution in [3.05, 3.63) is 65.7 Å². The van der Waals surface area contributed by atoms with Crippen LogP contribution in [0.5, 0.6) is 0 Å². The van der Waals surface area contributed by atoms with Crippen LogP contribution in [-0.2, 0) is 29.0 Å². The summed E-state index contributed by atoms with van der Waals surface area (Å²) in [4.78, 5) is 12.3. The van der Waals surface area contributed by atoms with Crippen molar-refractivity contribution in [1.82, 2.24) is 4.72 Å². The average molecular weight is 434 g/mol. The van der Waals surface area contributed by atoms with Gasteiger partial charge in [-0.2, -0.15) is 0 Å². The zero-order valence-corrected chi connectivity index (χ0v) is 18.0. The molecule has 1 heterocycles. The van der Waals surface area contributed by atoms with Crippen LogP contribution in [0.15, 0.2) is 59.5 Å². The van der Waals surface area contributed by atoms with Crippen LogP contribution in [0.3, 0.4) is 0 Å². The summed E-state index contributed by atoms with van der Waals surface area (Å²) < 4.78 is 45.5. The molecule has 2 aromatic rings. The fourth-order valence-corrected chi connectivity index (χ4v) is 4.64. The van der Waals surface area contributed by atoms with E-state index in [-0.39, 0.29) is 24.3 Å². The largest absolute Gasteiger partial charge is 0.466 e. The number of sulfonamides is 1. The van der Waals surface area contributed by atoms with Crippen LogP contribution >= 0.6 is 0 Å². The van der Waals surface area contributed by atoms with Gasteiger partial charge in [-0.1, -0.05) is 48.0 Å². The topological polar surface area (TPSA) is 90.9 Å². The monoisotopic (exact) mass is 433 g/mol. The van der Waals surface area contributed by atoms with Crippen LogP contribution in [0.4, 0.5) is 0 Å². The molecule has 0 radical (unpaired) electrons. The van der Waals surface area contributed by atoms with E-state index in [0.717, 1.165) is 11.1 Å². The van der Waals surface area contributed by atoms with Gasteiger partial charge in [0.2, 0.25) is 10.0 Å². The van der Waals surface area contributed by atoms with Crippen molar-refractivity contribution in [3.63, 3.8) is 0 Å². The molecular formula is C22H27NO6S. The lowest BCUT2D eigenvalue weighted by Crippen LogP contribution is -2.40. The van der Waals surface area contributed by atoms with Crippen molar-refractivity contribution >= 4 is 16.0 Å². The second-order valence-corrected chi connectivity index (χ2v) is 8.91. The maximum absolute atomic E-state index is 13.0. The van der Waals surface area contributed by atoms with Gasteiger partial charge in [0.15, 0.2) is 5.79 Å². The van der Waals surface area contributed by atoms with Gasteiger partial charge in [-0.05, 0) is 31.5 Å². The second kappa shape index (κ2) is 9.70. The van der Waals surface area contributed by atoms with Gasteiger partial charge in [0.1, 0.15) is 0 Å². The highest BCUT2D eigenvalue weighted by Crippen LogP contribution is 2.35. The summed E-state index contributed by atoms with van der Waals surface area (Å²) in [5.41, 5.74) is 1.71. The van der Waals surface area contributed by atoms with Crippen molar-refractivity contribution in [2.24, 2.45) is 0 Å². The highest BCUT2D eigenvalue weighted by molar-refractivity contribution is 7.89. The molecule has 1 N–H and O–H groups in total. The maximum atomic E-state index is 13.0. The molecule has 1 saturated heterocycles. The Labute approximate surface area is 177 Å². The standard InChI is InChI=1S/C22H27NO6S/c1-3-27-21(24)16-22(28-13-14-29-22)15-20(18-7-5-4-6-8-18)23-30(25,26)19-11-9-17(2)10-12-19/h4-12,20,23H,3,13-16H2,1-2H3. The minimum absolute atomic E-state index is 0.115. The number of carbonyl (C=O) groups is 1. The molecule has 30 heavy (non-hydrogen) atoms. The van der Waals surface area contributed by atoms with Crippen molar-refractivity contribution in [2.75, 3.05) is 19.8 Å². The Kier molecular flexibility index (Phi) is 7.25. The Bertz CT molecular complexity index is 937. The van der Waals surface area contributed by atoms with Crippen LogP contribution in [0.1, 0.15) is 36.9 Å². The van der Waals surface area contributed by atoms with Gasteiger partial charge >= 0.3 is 5.97 Å². The number of esters is 1. The van der Waals surface area contributed by atoms with Crippen LogP contribution in [-0.4, -0.2) is 40.0 Å². The van der Waals surface area contributed by atoms with Crippen molar-refractivity contribution in [2.45, 2.75) is 43.4 Å². The van der Waals surface area contributed by atoms with Crippen molar-refractivity contribution in [3.8, 4) is 0 Å². The molecule has 0 aromatic heterocycles. The summed E-state index contributed by atoms with van der Waals surface area (Å²) >= 11 is 0. The summed E-state index contributed by atoms with van der Waals surface area (Å²) in [5, 5.41) is 0. The zero-order chi connectivity index (χ0) is 21.6. The van der Waals surface area contributed by atoms with Crippen LogP contribution in [0.25, 0.3) is 0 Å². The fourth-order valence-electron chi connectivity index (χ4n) is 3.42. The lowest BCUT2D eigenvalue weighted by molar-refractivity contribution is -0.187. The number of aryl methyl sites for hydroxylation is 1. The lowest BCUT2D eigenvalue weighted by Gasteiger charge is -2.31. The maximum Gasteiger partial charge on any atom is 0.311 e. The van der Waals surface area contributed by atoms with Gasteiger partial charge in [-0.15, -0.1) is 0 Å². The molecule has 1 unspecified atom stereocenters. The molecule has 8 heteroatoms. The van der Waals surface area contributed by atoms with E-state index in [1.807, 2.05) is 37.3 Å². The summed E-state index contributed by atoms with van der Waals surface area (Å²) in [7, 11) is -3.81. The SMILES string of the molecule is CCOC(=O)CC1(CC(NS(=O)(=O)c2ccc(C)cc2)c2ccccc2)OCCO1. The first-order valence-corrected chi connectivity index (χ1v) is 11.4. The summed E-state index contributed by atoms with van der Waals surface area (Å²) in [6.07, 6.45) is 0.0113. The second-order valence-electron chi connectivity index (χ2n) is 7.19. The van der Waals surface area contributed by atoms with Gasteiger partial charge in [0, 0.05) is 6.42 Å². The molecule has 3 rings (SSSR count). The van der Waals surface area contributed by atoms with Gasteiger partial charge in [-0.3, -0.25) is 4.79 Å². The molecule has 7 nitrogen and oxygen atoms in total. The van der Waals surface area contributed by atoms with Gasteiger partial charge in [0.05, 0.1) is 37.2 Å². The van der Waals surface area contributed by atoms with Crippen LogP contribution in [0, 0.1) is 6.92 Å². The molecule has 1 aliphatic heterocycles. The average Bonchev–Trinajstić information content (AvgIpc) is 3.16. The minimum Gasteiger partial charge on any atom is -0.466 e. The third kappa shape index (κ3) is 5.66. The van der Waals surface area contributed by atoms with Gasteiger partial charge in [-0.25, -0.2) is 13.1 Å². The van der Waals surface area contributed by atoms with E-state index in [4.69, 9.17) is 14.2 Å². The number of ether oxygens (including phenoxy) is 3. The number of rotatable bonds is 9. The molecule has 1 atom stereocenters. The Hall–Kier alpha value is -2.26. The molecule has 0 bridgehead atoms. The van der Waals surface area contributed by atoms with E-state index >= 15 is 0 Å². The van der Waals surface area contributed by atoms with E-state index in [1.165, 1.54) is 0 Å². The number of carbonyl (C=O) groups excluding carboxylic acids is 1. The molecule has 162 valence electrons. The Morgan fingerprint density at radius 1 is 1.10 bits per heavy atom. The number of hydrogen-bond donors (Lipinski definition) is 1. The van der Waals surface area contributed by atoms with E-state index in [2.05, 4.69) is 4.72 Å². The highest BCUT2D eigenvalue weighted by Gasteiger charge is 2.42. The molecule has 1 aliphatic rings. The first-order chi connectivity index (χ1) is 14.3. The molecule has 0 amide bonds. The Morgan fingerprint density at radius 3 is 2.33 bits per heavy atom. The number of hydrogen-bond acceptors (Lipinski definition) is 6. The number of benzene rings is 2. The molecule has 0 spiro atoms. The lowest BCUT2D eigenvalue weighted by atomic mass is 9.97. The van der Waals surface area contributed by atoms with Gasteiger partial charge < -0.3 is 14.2 Å². The molecule has 0 aliphatic carbocycles. The quantitative estimate of drug-likeness (QED) is 0.611. The first kappa shape index (κ1) is 22.4. The first-order valence-electron chi connectivity index (χ1n) is 9.91. The predicted octanol–water partition coefficient (Wildman–Crippen LogP) is 3.10. The summed E-state index contributed by atoms with van der Waals surface area (Å²) in [6, 6.07) is 15.1. The summed E-state index contributed by atoms with van der Waals surface area (Å²) in [5.74, 6) is -1.70. The summed E-state index contributed by atoms with van der Waals surface area (Å²) in [6.45, 7) is 4.52. The van der Waals surface area contributed by atoms with Crippen molar-refractivity contribution in [1.29, 1.82) is 0 Å². The molecular weight excluding hydrogens is 406 g/mol. The van der Waals surface area contributed by atoms with Crippen LogP contribution < -0.4 is 4.72 Å². The van der Waals surface area contributed by atoms with Crippen LogP contribution in [0.2, 0.25) is 0 Å². The normalized spacial score (nSPS) is 16.9. The highest BCUT2D eigenvalue weighted by atomic mass is 32.2. The van der Waals surface area contributed by atoms with Crippen molar-refractivity contribution < 1.29 is 27.4 Å². The smallest absolute Gasteiger partial charge is 0.311 e. The van der Waals surface area contributed by atoms with E-state index in [1.54, 1.807) is 31.2 Å². The van der Waals surface area contributed by atoms with E-state index in [9.17, 15) is 13.2 Å². The Balaban J connectivity index is 1.89. The third-order valence-corrected chi connectivity index (χ3v) is 6.37. The Morgan fingerprint density at radius 2 is 1.73 bits per heavy atom. The third-order valence-electron chi connectivity index (χ3n) is 4.88. The van der Waals surface area contributed by atoms with E-state index in [0.29, 0.717) is 13.2 Å². The van der Waals surface area contributed by atoms with Gasteiger partial charge in [0.25, 0.3) is 0 Å². The molecule has 0 saturated carbocycles. The fraction of sp³-hybridized carbons (Fsp3) is 0.409. The minimum atomic E-state index is -3.81. The molecule has 2 aromatic carbocycles. The molecule has 1 fully saturated rings. The zero-order valence-electron chi connectivity index (χ0n) is 17.2. The number of nitrogens with one attached hydrogen (secondary N) is 1. The van der Waals surface area contributed by atoms with E-state index < -0.39 is 27.8 Å². The predicted molar refractivity (Wildman–Crippen MR) is 111 cm³/mol.